The van der Waals surface area contributed by atoms with Crippen LogP contribution in [0.4, 0.5) is 5.13 Å². The number of hydrogen-bond donors (Lipinski definition) is 1. The van der Waals surface area contributed by atoms with Crippen LogP contribution in [-0.2, 0) is 16.0 Å². The van der Waals surface area contributed by atoms with Gasteiger partial charge in [0.05, 0.1) is 16.8 Å². The molecule has 0 saturated carbocycles. The van der Waals surface area contributed by atoms with Gasteiger partial charge >= 0.3 is 0 Å². The normalized spacial score (nSPS) is 17.4. The van der Waals surface area contributed by atoms with Crippen LogP contribution in [0.25, 0.3) is 10.6 Å². The van der Waals surface area contributed by atoms with Crippen LogP contribution < -0.4 is 5.32 Å². The Labute approximate surface area is 169 Å². The summed E-state index contributed by atoms with van der Waals surface area (Å²) in [7, 11) is 0. The molecule has 0 aliphatic carbocycles. The van der Waals surface area contributed by atoms with Crippen molar-refractivity contribution in [3.63, 3.8) is 0 Å². The number of hydrogen-bond acceptors (Lipinski definition) is 6. The minimum atomic E-state index is -0.339. The Bertz CT molecular complexity index is 841. The van der Waals surface area contributed by atoms with Gasteiger partial charge in [-0.15, -0.1) is 0 Å². The highest BCUT2D eigenvalue weighted by Crippen LogP contribution is 2.28. The number of piperidine rings is 1. The number of rotatable bonds is 4. The van der Waals surface area contributed by atoms with E-state index in [-0.39, 0.29) is 17.2 Å². The molecule has 0 unspecified atom stereocenters. The van der Waals surface area contributed by atoms with Gasteiger partial charge in [-0.2, -0.15) is 0 Å². The molecular formula is C20H27N5O2S. The van der Waals surface area contributed by atoms with Gasteiger partial charge in [-0.05, 0) is 25.2 Å². The van der Waals surface area contributed by atoms with E-state index in [1.54, 1.807) is 18.6 Å². The molecule has 8 heteroatoms. The summed E-state index contributed by atoms with van der Waals surface area (Å²) in [6.07, 6.45) is 8.20. The lowest BCUT2D eigenvalue weighted by atomic mass is 9.89. The van der Waals surface area contributed by atoms with E-state index < -0.39 is 0 Å². The molecule has 0 radical (unpaired) electrons. The van der Waals surface area contributed by atoms with E-state index in [0.29, 0.717) is 11.0 Å². The van der Waals surface area contributed by atoms with Gasteiger partial charge in [-0.1, -0.05) is 32.1 Å². The minimum absolute atomic E-state index is 0.145. The first kappa shape index (κ1) is 20.4. The Morgan fingerprint density at radius 3 is 2.64 bits per heavy atom. The molecule has 2 aromatic rings. The van der Waals surface area contributed by atoms with Crippen LogP contribution in [-0.4, -0.2) is 44.8 Å². The van der Waals surface area contributed by atoms with Crippen molar-refractivity contribution in [2.24, 2.45) is 11.3 Å². The van der Waals surface area contributed by atoms with Crippen molar-refractivity contribution >= 4 is 28.3 Å². The number of aromatic nitrogens is 3. The first-order valence-corrected chi connectivity index (χ1v) is 10.4. The molecule has 0 bridgehead atoms. The minimum Gasteiger partial charge on any atom is -0.342 e. The van der Waals surface area contributed by atoms with E-state index in [9.17, 15) is 9.59 Å². The van der Waals surface area contributed by atoms with Gasteiger partial charge in [0.2, 0.25) is 11.8 Å². The van der Waals surface area contributed by atoms with Crippen molar-refractivity contribution in [3.05, 3.63) is 24.3 Å². The van der Waals surface area contributed by atoms with Crippen molar-refractivity contribution in [1.82, 2.24) is 19.9 Å². The topological polar surface area (TPSA) is 88.1 Å². The fourth-order valence-corrected chi connectivity index (χ4v) is 4.20. The van der Waals surface area contributed by atoms with Crippen molar-refractivity contribution in [2.45, 2.75) is 47.0 Å². The summed E-state index contributed by atoms with van der Waals surface area (Å²) in [5, 5.41) is 3.23. The molecule has 7 nitrogen and oxygen atoms in total. The summed E-state index contributed by atoms with van der Waals surface area (Å²) in [4.78, 5) is 39.8. The summed E-state index contributed by atoms with van der Waals surface area (Å²) < 4.78 is 0. The van der Waals surface area contributed by atoms with E-state index in [4.69, 9.17) is 0 Å². The molecule has 1 aliphatic rings. The highest BCUT2D eigenvalue weighted by molar-refractivity contribution is 7.19. The summed E-state index contributed by atoms with van der Waals surface area (Å²) in [5.41, 5.74) is 1.34. The van der Waals surface area contributed by atoms with Crippen molar-refractivity contribution < 1.29 is 9.59 Å². The lowest BCUT2D eigenvalue weighted by Gasteiger charge is -2.36. The van der Waals surface area contributed by atoms with Crippen molar-refractivity contribution in [3.8, 4) is 10.6 Å². The Hall–Kier alpha value is -2.35. The van der Waals surface area contributed by atoms with Crippen LogP contribution >= 0.6 is 11.3 Å². The van der Waals surface area contributed by atoms with E-state index in [1.165, 1.54) is 18.3 Å². The first-order valence-electron chi connectivity index (χ1n) is 9.56. The number of likely N-dealkylation sites (tertiary alicyclic amines) is 1. The maximum absolute atomic E-state index is 12.6. The van der Waals surface area contributed by atoms with Crippen molar-refractivity contribution in [1.29, 1.82) is 0 Å². The first-order chi connectivity index (χ1) is 13.2. The third-order valence-electron chi connectivity index (χ3n) is 4.69. The summed E-state index contributed by atoms with van der Waals surface area (Å²) in [6.45, 7) is 9.00. The van der Waals surface area contributed by atoms with Gasteiger partial charge in [0.25, 0.3) is 0 Å². The fourth-order valence-electron chi connectivity index (χ4n) is 3.37. The van der Waals surface area contributed by atoms with Crippen LogP contribution in [0.1, 0.15) is 46.2 Å². The van der Waals surface area contributed by atoms with Gasteiger partial charge in [0.1, 0.15) is 5.69 Å². The lowest BCUT2D eigenvalue weighted by Crippen LogP contribution is -2.45. The molecule has 1 saturated heterocycles. The van der Waals surface area contributed by atoms with Crippen LogP contribution in [0.5, 0.6) is 0 Å². The molecule has 2 amide bonds. The average Bonchev–Trinajstić information content (AvgIpc) is 3.09. The second-order valence-electron chi connectivity index (χ2n) is 8.32. The monoisotopic (exact) mass is 401 g/mol. The molecule has 150 valence electrons. The van der Waals surface area contributed by atoms with Crippen molar-refractivity contribution in [2.75, 3.05) is 18.4 Å². The molecule has 3 heterocycles. The molecule has 3 rings (SSSR count). The molecule has 2 aromatic heterocycles. The Morgan fingerprint density at radius 2 is 2.00 bits per heavy atom. The molecule has 28 heavy (non-hydrogen) atoms. The standard InChI is InChI=1S/C20H27N5O2S/c1-13(26)24-19-23-11-17(28-19)16-10-21-15(9-22-16)8-14-6-5-7-25(12-14)18(27)20(2,3)4/h9-11,14H,5-8,12H2,1-4H3,(H,23,24,26)/t14-/m1/s1. The predicted octanol–water partition coefficient (Wildman–Crippen LogP) is 3.39. The molecular weight excluding hydrogens is 374 g/mol. The molecule has 1 N–H and O–H groups in total. The van der Waals surface area contributed by atoms with Crippen LogP contribution in [0.15, 0.2) is 18.6 Å². The van der Waals surface area contributed by atoms with Gasteiger partial charge in [-0.25, -0.2) is 4.98 Å². The number of carbonyl (C=O) groups is 2. The Balaban J connectivity index is 1.62. The maximum atomic E-state index is 12.6. The zero-order chi connectivity index (χ0) is 20.3. The Kier molecular flexibility index (Phi) is 6.07. The largest absolute Gasteiger partial charge is 0.342 e. The SMILES string of the molecule is CC(=O)Nc1ncc(-c2cnc(C[C@H]3CCCN(C(=O)C(C)(C)C)C3)cn2)s1. The fraction of sp³-hybridized carbons (Fsp3) is 0.550. The number of amides is 2. The van der Waals surface area contributed by atoms with E-state index in [2.05, 4.69) is 20.3 Å². The predicted molar refractivity (Wildman–Crippen MR) is 110 cm³/mol. The third kappa shape index (κ3) is 5.13. The maximum Gasteiger partial charge on any atom is 0.227 e. The van der Waals surface area contributed by atoms with E-state index in [1.807, 2.05) is 25.7 Å². The number of nitrogens with zero attached hydrogens (tertiary/aromatic N) is 4. The summed E-state index contributed by atoms with van der Waals surface area (Å²) in [5.74, 6) is 0.488. The van der Waals surface area contributed by atoms with Crippen LogP contribution in [0.2, 0.25) is 0 Å². The Morgan fingerprint density at radius 1 is 1.21 bits per heavy atom. The van der Waals surface area contributed by atoms with Gasteiger partial charge in [0, 0.05) is 37.8 Å². The van der Waals surface area contributed by atoms with Crippen LogP contribution in [0.3, 0.4) is 0 Å². The third-order valence-corrected chi connectivity index (χ3v) is 5.63. The van der Waals surface area contributed by atoms with Gasteiger partial charge in [-0.3, -0.25) is 19.6 Å². The molecule has 0 aromatic carbocycles. The number of carbonyl (C=O) groups excluding carboxylic acids is 2. The highest BCUT2D eigenvalue weighted by Gasteiger charge is 2.31. The quantitative estimate of drug-likeness (QED) is 0.848. The lowest BCUT2D eigenvalue weighted by molar-refractivity contribution is -0.141. The average molecular weight is 402 g/mol. The smallest absolute Gasteiger partial charge is 0.227 e. The van der Waals surface area contributed by atoms with Gasteiger partial charge < -0.3 is 10.2 Å². The second-order valence-corrected chi connectivity index (χ2v) is 9.35. The molecule has 1 atom stereocenters. The zero-order valence-corrected chi connectivity index (χ0v) is 17.7. The summed E-state index contributed by atoms with van der Waals surface area (Å²) >= 11 is 1.37. The number of nitrogens with one attached hydrogen (secondary N) is 1. The number of thiazole rings is 1. The number of anilines is 1. The molecule has 1 aliphatic heterocycles. The molecule has 1 fully saturated rings. The molecule has 0 spiro atoms. The summed E-state index contributed by atoms with van der Waals surface area (Å²) in [6, 6.07) is 0. The zero-order valence-electron chi connectivity index (χ0n) is 16.9. The second kappa shape index (κ2) is 8.34. The van der Waals surface area contributed by atoms with Crippen LogP contribution in [0, 0.1) is 11.3 Å². The van der Waals surface area contributed by atoms with E-state index in [0.717, 1.165) is 48.6 Å². The highest BCUT2D eigenvalue weighted by atomic mass is 32.1. The van der Waals surface area contributed by atoms with E-state index >= 15 is 0 Å². The van der Waals surface area contributed by atoms with Gasteiger partial charge in [0.15, 0.2) is 5.13 Å².